The molecule has 0 aliphatic heterocycles. The van der Waals surface area contributed by atoms with Crippen LogP contribution in [-0.2, 0) is 6.54 Å². The van der Waals surface area contributed by atoms with Crippen LogP contribution in [0.25, 0.3) is 39.1 Å². The molecule has 0 spiro atoms. The summed E-state index contributed by atoms with van der Waals surface area (Å²) < 4.78 is 4.38. The van der Waals surface area contributed by atoms with Crippen LogP contribution in [0.3, 0.4) is 0 Å². The molecule has 0 saturated carbocycles. The standard InChI is InChI=1S/C30H20N4O2/c31-19-25-28(22-11-5-2-6-12-22)30-32(20-21-9-3-1-4-10-21)26-13-7-8-14-27(26)33(30)29(25)23-15-17-24(18-16-23)34(35)36/h1-18H,20H2. The number of imidazole rings is 1. The van der Waals surface area contributed by atoms with Gasteiger partial charge in [-0.25, -0.2) is 0 Å². The number of non-ortho nitro benzene ring substituents is 1. The Labute approximate surface area is 207 Å². The second kappa shape index (κ2) is 8.57. The van der Waals surface area contributed by atoms with Crippen molar-refractivity contribution < 1.29 is 4.92 Å². The molecule has 0 aliphatic rings. The van der Waals surface area contributed by atoms with Crippen LogP contribution in [0.4, 0.5) is 5.69 Å². The average molecular weight is 469 g/mol. The molecular weight excluding hydrogens is 448 g/mol. The van der Waals surface area contributed by atoms with Crippen molar-refractivity contribution in [1.82, 2.24) is 8.97 Å². The Morgan fingerprint density at radius 3 is 2.00 bits per heavy atom. The Bertz CT molecular complexity index is 1770. The number of hydrogen-bond acceptors (Lipinski definition) is 3. The highest BCUT2D eigenvalue weighted by atomic mass is 16.6. The van der Waals surface area contributed by atoms with Crippen LogP contribution in [0.5, 0.6) is 0 Å². The first-order valence-corrected chi connectivity index (χ1v) is 11.6. The number of nitro groups is 1. The maximum atomic E-state index is 11.3. The number of benzene rings is 4. The lowest BCUT2D eigenvalue weighted by atomic mass is 10.00. The summed E-state index contributed by atoms with van der Waals surface area (Å²) in [7, 11) is 0. The molecule has 0 unspecified atom stereocenters. The monoisotopic (exact) mass is 468 g/mol. The summed E-state index contributed by atoms with van der Waals surface area (Å²) in [4.78, 5) is 10.9. The first-order valence-electron chi connectivity index (χ1n) is 11.6. The summed E-state index contributed by atoms with van der Waals surface area (Å²) in [6, 6.07) is 37.2. The van der Waals surface area contributed by atoms with Crippen molar-refractivity contribution in [3.05, 3.63) is 130 Å². The van der Waals surface area contributed by atoms with Gasteiger partial charge in [0.1, 0.15) is 11.7 Å². The van der Waals surface area contributed by atoms with Gasteiger partial charge in [-0.3, -0.25) is 14.5 Å². The van der Waals surface area contributed by atoms with E-state index in [1.807, 2.05) is 60.7 Å². The van der Waals surface area contributed by atoms with Crippen LogP contribution >= 0.6 is 0 Å². The lowest BCUT2D eigenvalue weighted by molar-refractivity contribution is -0.384. The molecule has 0 radical (unpaired) electrons. The summed E-state index contributed by atoms with van der Waals surface area (Å²) in [5.74, 6) is 0. The van der Waals surface area contributed by atoms with Gasteiger partial charge in [-0.1, -0.05) is 72.8 Å². The minimum absolute atomic E-state index is 0.0137. The number of fused-ring (bicyclic) bond motifs is 3. The fraction of sp³-hybridized carbons (Fsp3) is 0.0333. The first kappa shape index (κ1) is 21.4. The highest BCUT2D eigenvalue weighted by Crippen LogP contribution is 2.42. The Morgan fingerprint density at radius 2 is 1.36 bits per heavy atom. The predicted molar refractivity (Wildman–Crippen MR) is 141 cm³/mol. The van der Waals surface area contributed by atoms with Crippen LogP contribution < -0.4 is 0 Å². The average Bonchev–Trinajstić information content (AvgIpc) is 3.42. The van der Waals surface area contributed by atoms with Gasteiger partial charge in [-0.05, 0) is 35.4 Å². The van der Waals surface area contributed by atoms with E-state index in [1.165, 1.54) is 12.1 Å². The number of para-hydroxylation sites is 2. The topological polar surface area (TPSA) is 76.3 Å². The minimum Gasteiger partial charge on any atom is -0.321 e. The molecule has 0 N–H and O–H groups in total. The van der Waals surface area contributed by atoms with E-state index in [0.717, 1.165) is 44.6 Å². The number of nitriles is 1. The van der Waals surface area contributed by atoms with Crippen LogP contribution in [-0.4, -0.2) is 13.9 Å². The van der Waals surface area contributed by atoms with E-state index >= 15 is 0 Å². The zero-order valence-corrected chi connectivity index (χ0v) is 19.2. The molecule has 36 heavy (non-hydrogen) atoms. The molecule has 4 aromatic carbocycles. The fourth-order valence-electron chi connectivity index (χ4n) is 4.97. The number of nitrogens with zero attached hydrogens (tertiary/aromatic N) is 4. The fourth-order valence-corrected chi connectivity index (χ4v) is 4.97. The van der Waals surface area contributed by atoms with Gasteiger partial charge in [0.2, 0.25) is 0 Å². The molecule has 0 saturated heterocycles. The van der Waals surface area contributed by atoms with E-state index in [0.29, 0.717) is 12.1 Å². The van der Waals surface area contributed by atoms with Gasteiger partial charge in [0, 0.05) is 29.8 Å². The summed E-state index contributed by atoms with van der Waals surface area (Å²) in [6.45, 7) is 0.631. The number of aromatic nitrogens is 2. The molecule has 0 fully saturated rings. The van der Waals surface area contributed by atoms with Gasteiger partial charge >= 0.3 is 0 Å². The van der Waals surface area contributed by atoms with Gasteiger partial charge in [0.05, 0.1) is 27.2 Å². The summed E-state index contributed by atoms with van der Waals surface area (Å²) >= 11 is 0. The third kappa shape index (κ3) is 3.34. The number of rotatable bonds is 5. The second-order valence-electron chi connectivity index (χ2n) is 8.60. The van der Waals surface area contributed by atoms with Gasteiger partial charge in [-0.15, -0.1) is 0 Å². The van der Waals surface area contributed by atoms with E-state index < -0.39 is 4.92 Å². The summed E-state index contributed by atoms with van der Waals surface area (Å²) in [6.07, 6.45) is 0. The smallest absolute Gasteiger partial charge is 0.269 e. The minimum atomic E-state index is -0.413. The molecule has 0 amide bonds. The Hall–Kier alpha value is -5.15. The molecule has 6 nitrogen and oxygen atoms in total. The Kier molecular flexibility index (Phi) is 5.09. The molecule has 2 aromatic heterocycles. The van der Waals surface area contributed by atoms with Gasteiger partial charge in [-0.2, -0.15) is 5.26 Å². The maximum absolute atomic E-state index is 11.3. The van der Waals surface area contributed by atoms with E-state index in [1.54, 1.807) is 12.1 Å². The van der Waals surface area contributed by atoms with Crippen molar-refractivity contribution >= 4 is 22.4 Å². The quantitative estimate of drug-likeness (QED) is 0.201. The van der Waals surface area contributed by atoms with Crippen LogP contribution in [0, 0.1) is 21.4 Å². The normalized spacial score (nSPS) is 11.1. The van der Waals surface area contributed by atoms with Crippen molar-refractivity contribution in [1.29, 1.82) is 5.26 Å². The molecule has 2 heterocycles. The first-order chi connectivity index (χ1) is 17.7. The third-order valence-electron chi connectivity index (χ3n) is 6.52. The van der Waals surface area contributed by atoms with E-state index in [4.69, 9.17) is 0 Å². The molecule has 6 rings (SSSR count). The molecule has 0 aliphatic carbocycles. The number of hydrogen-bond donors (Lipinski definition) is 0. The molecule has 6 aromatic rings. The van der Waals surface area contributed by atoms with E-state index in [-0.39, 0.29) is 5.69 Å². The Morgan fingerprint density at radius 1 is 0.750 bits per heavy atom. The molecule has 0 bridgehead atoms. The number of nitro benzene ring substituents is 1. The van der Waals surface area contributed by atoms with E-state index in [2.05, 4.69) is 39.3 Å². The lowest BCUT2D eigenvalue weighted by Gasteiger charge is -2.09. The van der Waals surface area contributed by atoms with Gasteiger partial charge < -0.3 is 4.57 Å². The molecule has 0 atom stereocenters. The van der Waals surface area contributed by atoms with E-state index in [9.17, 15) is 15.4 Å². The maximum Gasteiger partial charge on any atom is 0.269 e. The highest BCUT2D eigenvalue weighted by Gasteiger charge is 2.27. The zero-order chi connectivity index (χ0) is 24.6. The third-order valence-corrected chi connectivity index (χ3v) is 6.52. The lowest BCUT2D eigenvalue weighted by Crippen LogP contribution is -2.00. The van der Waals surface area contributed by atoms with Crippen molar-refractivity contribution in [2.75, 3.05) is 0 Å². The Balaban J connectivity index is 1.76. The summed E-state index contributed by atoms with van der Waals surface area (Å²) in [5.41, 5.74) is 7.89. The largest absolute Gasteiger partial charge is 0.321 e. The van der Waals surface area contributed by atoms with Crippen molar-refractivity contribution in [3.8, 4) is 28.5 Å². The van der Waals surface area contributed by atoms with Crippen LogP contribution in [0.15, 0.2) is 109 Å². The SMILES string of the molecule is N#Cc1c(-c2ccccc2)c2n(Cc3ccccc3)c3ccccc3n2c1-c1ccc([N+](=O)[O-])cc1. The van der Waals surface area contributed by atoms with Gasteiger partial charge in [0.15, 0.2) is 0 Å². The second-order valence-corrected chi connectivity index (χ2v) is 8.60. The highest BCUT2D eigenvalue weighted by molar-refractivity contribution is 5.98. The van der Waals surface area contributed by atoms with Gasteiger partial charge in [0.25, 0.3) is 5.69 Å². The molecular formula is C30H20N4O2. The van der Waals surface area contributed by atoms with Crippen LogP contribution in [0.1, 0.15) is 11.1 Å². The van der Waals surface area contributed by atoms with Crippen molar-refractivity contribution in [3.63, 3.8) is 0 Å². The zero-order valence-electron chi connectivity index (χ0n) is 19.2. The summed E-state index contributed by atoms with van der Waals surface area (Å²) in [5, 5.41) is 21.7. The van der Waals surface area contributed by atoms with Crippen molar-refractivity contribution in [2.24, 2.45) is 0 Å². The molecule has 6 heteroatoms. The van der Waals surface area contributed by atoms with Crippen LogP contribution in [0.2, 0.25) is 0 Å². The molecule has 172 valence electrons. The van der Waals surface area contributed by atoms with Crippen molar-refractivity contribution in [2.45, 2.75) is 6.54 Å². The predicted octanol–water partition coefficient (Wildman–Crippen LogP) is 7.06.